The minimum absolute atomic E-state index is 0.503. The standard InChI is InChI=1S/C22H24N4O/c1-16-3-7-21(24-19-9-11-23-12-10-19)25-22(8-4-16)26-14-17-5-6-20(27-2)13-18(17)15-26/h3,5-7,9-13,16H,4,8,14-15H2,1-2H3/b7-3-,24-21?,25-22?. The van der Waals surface area contributed by atoms with Gasteiger partial charge in [0.1, 0.15) is 11.6 Å². The molecule has 0 fully saturated rings. The fraction of sp³-hybridized carbons (Fsp3) is 0.318. The quantitative estimate of drug-likeness (QED) is 0.791. The van der Waals surface area contributed by atoms with Gasteiger partial charge in [0.05, 0.1) is 12.8 Å². The molecule has 0 spiro atoms. The average Bonchev–Trinajstić information content (AvgIpc) is 3.11. The number of hydrogen-bond acceptors (Lipinski definition) is 4. The number of allylic oxidation sites excluding steroid dienone is 1. The van der Waals surface area contributed by atoms with E-state index in [-0.39, 0.29) is 0 Å². The average molecular weight is 360 g/mol. The summed E-state index contributed by atoms with van der Waals surface area (Å²) in [5.74, 6) is 3.26. The third kappa shape index (κ3) is 4.08. The van der Waals surface area contributed by atoms with Crippen molar-refractivity contribution >= 4 is 17.4 Å². The zero-order valence-electron chi connectivity index (χ0n) is 15.8. The van der Waals surface area contributed by atoms with Crippen molar-refractivity contribution in [3.63, 3.8) is 0 Å². The van der Waals surface area contributed by atoms with Gasteiger partial charge in [-0.3, -0.25) is 4.98 Å². The van der Waals surface area contributed by atoms with Gasteiger partial charge in [-0.05, 0) is 53.8 Å². The number of methoxy groups -OCH3 is 1. The second-order valence-electron chi connectivity index (χ2n) is 7.07. The fourth-order valence-electron chi connectivity index (χ4n) is 3.45. The molecule has 1 atom stereocenters. The van der Waals surface area contributed by atoms with Crippen molar-refractivity contribution in [1.29, 1.82) is 0 Å². The highest BCUT2D eigenvalue weighted by atomic mass is 16.5. The van der Waals surface area contributed by atoms with Crippen LogP contribution in [0.5, 0.6) is 5.75 Å². The third-order valence-corrected chi connectivity index (χ3v) is 5.05. The lowest BCUT2D eigenvalue weighted by molar-refractivity contribution is 0.413. The van der Waals surface area contributed by atoms with Gasteiger partial charge in [0.2, 0.25) is 0 Å². The van der Waals surface area contributed by atoms with E-state index in [4.69, 9.17) is 14.7 Å². The van der Waals surface area contributed by atoms with E-state index in [0.29, 0.717) is 5.92 Å². The van der Waals surface area contributed by atoms with E-state index in [1.165, 1.54) is 11.1 Å². The molecular weight excluding hydrogens is 336 g/mol. The zero-order valence-corrected chi connectivity index (χ0v) is 15.8. The number of aliphatic imine (C=N–C) groups is 2. The minimum atomic E-state index is 0.503. The zero-order chi connectivity index (χ0) is 18.6. The Morgan fingerprint density at radius 1 is 1.11 bits per heavy atom. The minimum Gasteiger partial charge on any atom is -0.497 e. The summed E-state index contributed by atoms with van der Waals surface area (Å²) in [6.45, 7) is 4.00. The molecule has 0 aliphatic carbocycles. The van der Waals surface area contributed by atoms with E-state index in [0.717, 1.165) is 49.0 Å². The number of rotatable bonds is 2. The van der Waals surface area contributed by atoms with Crippen molar-refractivity contribution in [2.45, 2.75) is 32.9 Å². The van der Waals surface area contributed by atoms with Gasteiger partial charge in [-0.2, -0.15) is 0 Å². The molecule has 0 saturated carbocycles. The van der Waals surface area contributed by atoms with Gasteiger partial charge in [0.15, 0.2) is 5.84 Å². The Balaban J connectivity index is 1.63. The van der Waals surface area contributed by atoms with Crippen LogP contribution in [-0.4, -0.2) is 28.7 Å². The number of amidine groups is 2. The van der Waals surface area contributed by atoms with Crippen LogP contribution in [0.2, 0.25) is 0 Å². The summed E-state index contributed by atoms with van der Waals surface area (Å²) in [5.41, 5.74) is 3.53. The van der Waals surface area contributed by atoms with E-state index < -0.39 is 0 Å². The van der Waals surface area contributed by atoms with Crippen molar-refractivity contribution in [1.82, 2.24) is 9.88 Å². The number of pyridine rings is 1. The maximum atomic E-state index is 5.37. The Hall–Kier alpha value is -2.95. The van der Waals surface area contributed by atoms with Gasteiger partial charge in [0.25, 0.3) is 0 Å². The van der Waals surface area contributed by atoms with E-state index in [1.54, 1.807) is 19.5 Å². The van der Waals surface area contributed by atoms with E-state index in [2.05, 4.69) is 35.0 Å². The summed E-state index contributed by atoms with van der Waals surface area (Å²) >= 11 is 0. The molecule has 0 bridgehead atoms. The highest BCUT2D eigenvalue weighted by Gasteiger charge is 2.23. The van der Waals surface area contributed by atoms with Gasteiger partial charge >= 0.3 is 0 Å². The molecule has 0 N–H and O–H groups in total. The molecule has 138 valence electrons. The monoisotopic (exact) mass is 360 g/mol. The summed E-state index contributed by atoms with van der Waals surface area (Å²) in [7, 11) is 1.71. The Morgan fingerprint density at radius 3 is 2.74 bits per heavy atom. The molecule has 2 aromatic rings. The van der Waals surface area contributed by atoms with Crippen LogP contribution in [0.1, 0.15) is 30.9 Å². The number of nitrogens with zero attached hydrogens (tertiary/aromatic N) is 4. The van der Waals surface area contributed by atoms with Crippen LogP contribution in [0.4, 0.5) is 5.69 Å². The number of fused-ring (bicyclic) bond motifs is 1. The third-order valence-electron chi connectivity index (χ3n) is 5.05. The molecule has 27 heavy (non-hydrogen) atoms. The van der Waals surface area contributed by atoms with Gasteiger partial charge in [-0.1, -0.05) is 19.1 Å². The number of benzene rings is 1. The van der Waals surface area contributed by atoms with Gasteiger partial charge in [-0.25, -0.2) is 9.98 Å². The Morgan fingerprint density at radius 2 is 1.93 bits per heavy atom. The molecule has 4 rings (SSSR count). The highest BCUT2D eigenvalue weighted by Crippen LogP contribution is 2.28. The summed E-state index contributed by atoms with van der Waals surface area (Å²) < 4.78 is 5.37. The molecular formula is C22H24N4O. The Labute approximate surface area is 160 Å². The van der Waals surface area contributed by atoms with Gasteiger partial charge in [-0.15, -0.1) is 0 Å². The predicted molar refractivity (Wildman–Crippen MR) is 109 cm³/mol. The van der Waals surface area contributed by atoms with Crippen LogP contribution >= 0.6 is 0 Å². The lowest BCUT2D eigenvalue weighted by Crippen LogP contribution is -2.27. The summed E-state index contributed by atoms with van der Waals surface area (Å²) in [5, 5.41) is 0. The summed E-state index contributed by atoms with van der Waals surface area (Å²) in [4.78, 5) is 16.1. The molecule has 3 heterocycles. The van der Waals surface area contributed by atoms with Gasteiger partial charge < -0.3 is 9.64 Å². The van der Waals surface area contributed by atoms with Gasteiger partial charge in [0, 0.05) is 31.9 Å². The predicted octanol–water partition coefficient (Wildman–Crippen LogP) is 4.52. The maximum absolute atomic E-state index is 5.37. The van der Waals surface area contributed by atoms with E-state index in [1.807, 2.05) is 24.3 Å². The van der Waals surface area contributed by atoms with Crippen LogP contribution in [0, 0.1) is 5.92 Å². The first-order chi connectivity index (χ1) is 13.2. The Kier molecular flexibility index (Phi) is 5.01. The molecule has 2 aliphatic heterocycles. The molecule has 1 unspecified atom stereocenters. The normalized spacial score (nSPS) is 22.0. The fourth-order valence-corrected chi connectivity index (χ4v) is 3.45. The van der Waals surface area contributed by atoms with Crippen LogP contribution < -0.4 is 4.74 Å². The molecule has 5 heteroatoms. The van der Waals surface area contributed by atoms with Crippen LogP contribution in [0.3, 0.4) is 0 Å². The maximum Gasteiger partial charge on any atom is 0.154 e. The molecule has 2 aliphatic rings. The topological polar surface area (TPSA) is 50.1 Å². The molecule has 0 saturated heterocycles. The number of aromatic nitrogens is 1. The molecule has 1 aromatic heterocycles. The summed E-state index contributed by atoms with van der Waals surface area (Å²) in [6.07, 6.45) is 9.79. The van der Waals surface area contributed by atoms with Crippen LogP contribution in [0.25, 0.3) is 0 Å². The second kappa shape index (κ2) is 7.74. The molecule has 5 nitrogen and oxygen atoms in total. The van der Waals surface area contributed by atoms with Crippen molar-refractivity contribution < 1.29 is 4.74 Å². The largest absolute Gasteiger partial charge is 0.497 e. The highest BCUT2D eigenvalue weighted by molar-refractivity contribution is 6.04. The van der Waals surface area contributed by atoms with Crippen molar-refractivity contribution in [3.05, 3.63) is 66.0 Å². The smallest absolute Gasteiger partial charge is 0.154 e. The lowest BCUT2D eigenvalue weighted by atomic mass is 10.0. The summed E-state index contributed by atoms with van der Waals surface area (Å²) in [6, 6.07) is 10.1. The SMILES string of the molecule is COc1ccc2c(c1)CN(C1=NC(=Nc3ccncc3)/C=C\C(C)CC1)C2. The molecule has 0 amide bonds. The number of ether oxygens (including phenoxy) is 1. The lowest BCUT2D eigenvalue weighted by Gasteiger charge is -2.22. The molecule has 1 aromatic carbocycles. The first-order valence-corrected chi connectivity index (χ1v) is 9.36. The van der Waals surface area contributed by atoms with Crippen molar-refractivity contribution in [2.24, 2.45) is 15.9 Å². The first-order valence-electron chi connectivity index (χ1n) is 9.36. The van der Waals surface area contributed by atoms with Crippen LogP contribution in [0.15, 0.2) is 64.9 Å². The van der Waals surface area contributed by atoms with E-state index >= 15 is 0 Å². The molecule has 0 radical (unpaired) electrons. The second-order valence-corrected chi connectivity index (χ2v) is 7.07. The van der Waals surface area contributed by atoms with Crippen molar-refractivity contribution in [3.8, 4) is 5.75 Å². The van der Waals surface area contributed by atoms with E-state index in [9.17, 15) is 0 Å². The van der Waals surface area contributed by atoms with Crippen LogP contribution in [-0.2, 0) is 13.1 Å². The van der Waals surface area contributed by atoms with Crippen molar-refractivity contribution in [2.75, 3.05) is 7.11 Å². The Bertz CT molecular complexity index is 902. The first kappa shape index (κ1) is 17.5. The number of hydrogen-bond donors (Lipinski definition) is 0.